The second-order valence-corrected chi connectivity index (χ2v) is 5.63. The van der Waals surface area contributed by atoms with Crippen LogP contribution in [0.1, 0.15) is 39.7 Å². The summed E-state index contributed by atoms with van der Waals surface area (Å²) in [7, 11) is 0. The van der Waals surface area contributed by atoms with Crippen LogP contribution in [0.3, 0.4) is 0 Å². The molecule has 0 aliphatic rings. The highest BCUT2D eigenvalue weighted by atomic mass is 16.2. The van der Waals surface area contributed by atoms with Crippen molar-refractivity contribution in [3.05, 3.63) is 29.8 Å². The number of carbonyl (C=O) groups excluding carboxylic acids is 1. The van der Waals surface area contributed by atoms with E-state index < -0.39 is 0 Å². The van der Waals surface area contributed by atoms with E-state index in [1.54, 1.807) is 0 Å². The largest absolute Gasteiger partial charge is 0.326 e. The molecular weight excluding hydrogens is 262 g/mol. The third kappa shape index (κ3) is 5.14. The maximum absolute atomic E-state index is 12.5. The van der Waals surface area contributed by atoms with Crippen LogP contribution in [0.4, 0.5) is 5.69 Å². The fraction of sp³-hybridized carbons (Fsp3) is 0.588. The van der Waals surface area contributed by atoms with Gasteiger partial charge < -0.3 is 11.1 Å². The van der Waals surface area contributed by atoms with Gasteiger partial charge in [-0.05, 0) is 31.0 Å². The highest BCUT2D eigenvalue weighted by Gasteiger charge is 2.21. The van der Waals surface area contributed by atoms with E-state index in [4.69, 9.17) is 5.73 Å². The summed E-state index contributed by atoms with van der Waals surface area (Å²) in [6, 6.07) is 7.54. The molecule has 0 aliphatic heterocycles. The molecule has 0 aliphatic carbocycles. The Labute approximate surface area is 128 Å². The Morgan fingerprint density at radius 1 is 1.29 bits per heavy atom. The number of nitrogens with zero attached hydrogens (tertiary/aromatic N) is 1. The van der Waals surface area contributed by atoms with Gasteiger partial charge in [-0.3, -0.25) is 9.69 Å². The number of benzene rings is 1. The molecule has 1 rings (SSSR count). The zero-order valence-corrected chi connectivity index (χ0v) is 13.7. The van der Waals surface area contributed by atoms with Gasteiger partial charge in [0.05, 0.1) is 6.04 Å². The van der Waals surface area contributed by atoms with Gasteiger partial charge in [0.15, 0.2) is 0 Å². The molecule has 2 unspecified atom stereocenters. The zero-order valence-electron chi connectivity index (χ0n) is 13.7. The third-order valence-electron chi connectivity index (χ3n) is 4.07. The summed E-state index contributed by atoms with van der Waals surface area (Å²) in [5.41, 5.74) is 7.49. The zero-order chi connectivity index (χ0) is 15.8. The summed E-state index contributed by atoms with van der Waals surface area (Å²) in [5, 5.41) is 3.01. The molecule has 0 saturated carbocycles. The summed E-state index contributed by atoms with van der Waals surface area (Å²) < 4.78 is 0. The summed E-state index contributed by atoms with van der Waals surface area (Å²) in [6.07, 6.45) is 1.13. The number of nitrogens with one attached hydrogen (secondary N) is 1. The van der Waals surface area contributed by atoms with Crippen LogP contribution in [0.2, 0.25) is 0 Å². The standard InChI is InChI=1S/C17H29N3O/c1-5-13(3)12-20(6-2)14(4)17(21)19-16-10-8-7-9-15(16)11-18/h7-10,13-14H,5-6,11-12,18H2,1-4H3,(H,19,21). The average Bonchev–Trinajstić information content (AvgIpc) is 2.51. The number of amides is 1. The van der Waals surface area contributed by atoms with Gasteiger partial charge >= 0.3 is 0 Å². The monoisotopic (exact) mass is 291 g/mol. The van der Waals surface area contributed by atoms with Crippen molar-refractivity contribution in [1.82, 2.24) is 4.90 Å². The van der Waals surface area contributed by atoms with Crippen LogP contribution in [0, 0.1) is 5.92 Å². The third-order valence-corrected chi connectivity index (χ3v) is 4.07. The fourth-order valence-electron chi connectivity index (χ4n) is 2.31. The maximum Gasteiger partial charge on any atom is 0.241 e. The van der Waals surface area contributed by atoms with Crippen molar-refractivity contribution >= 4 is 11.6 Å². The van der Waals surface area contributed by atoms with Gasteiger partial charge in [0.2, 0.25) is 5.91 Å². The van der Waals surface area contributed by atoms with Crippen LogP contribution >= 0.6 is 0 Å². The van der Waals surface area contributed by atoms with Gasteiger partial charge in [-0.15, -0.1) is 0 Å². The number of carbonyl (C=O) groups is 1. The fourth-order valence-corrected chi connectivity index (χ4v) is 2.31. The lowest BCUT2D eigenvalue weighted by Crippen LogP contribution is -2.44. The summed E-state index contributed by atoms with van der Waals surface area (Å²) in [4.78, 5) is 14.7. The van der Waals surface area contributed by atoms with Crippen LogP contribution in [0.5, 0.6) is 0 Å². The van der Waals surface area contributed by atoms with Gasteiger partial charge in [-0.1, -0.05) is 45.4 Å². The molecule has 3 N–H and O–H groups in total. The van der Waals surface area contributed by atoms with E-state index in [-0.39, 0.29) is 11.9 Å². The number of anilines is 1. The smallest absolute Gasteiger partial charge is 0.241 e. The van der Waals surface area contributed by atoms with E-state index in [0.717, 1.165) is 30.8 Å². The molecule has 0 bridgehead atoms. The van der Waals surface area contributed by atoms with Gasteiger partial charge in [0, 0.05) is 18.8 Å². The molecule has 0 saturated heterocycles. The molecule has 1 aromatic carbocycles. The minimum Gasteiger partial charge on any atom is -0.326 e. The Balaban J connectivity index is 2.72. The molecule has 0 heterocycles. The Bertz CT molecular complexity index is 447. The van der Waals surface area contributed by atoms with E-state index in [0.29, 0.717) is 12.5 Å². The molecular formula is C17H29N3O. The van der Waals surface area contributed by atoms with Crippen LogP contribution in [-0.2, 0) is 11.3 Å². The van der Waals surface area contributed by atoms with Gasteiger partial charge in [-0.25, -0.2) is 0 Å². The molecule has 118 valence electrons. The SMILES string of the molecule is CCC(C)CN(CC)C(C)C(=O)Nc1ccccc1CN. The Kier molecular flexibility index (Phi) is 7.40. The predicted octanol–water partition coefficient (Wildman–Crippen LogP) is 2.84. The molecule has 2 atom stereocenters. The van der Waals surface area contributed by atoms with Crippen molar-refractivity contribution < 1.29 is 4.79 Å². The summed E-state index contributed by atoms with van der Waals surface area (Å²) in [6.45, 7) is 10.7. The Hall–Kier alpha value is -1.39. The predicted molar refractivity (Wildman–Crippen MR) is 89.1 cm³/mol. The van der Waals surface area contributed by atoms with Crippen LogP contribution < -0.4 is 11.1 Å². The number of nitrogens with two attached hydrogens (primary N) is 1. The number of rotatable bonds is 8. The first kappa shape index (κ1) is 17.7. The highest BCUT2D eigenvalue weighted by molar-refractivity contribution is 5.95. The normalized spacial score (nSPS) is 14.0. The summed E-state index contributed by atoms with van der Waals surface area (Å²) in [5.74, 6) is 0.623. The van der Waals surface area contributed by atoms with Crippen LogP contribution in [0.25, 0.3) is 0 Å². The first-order chi connectivity index (χ1) is 10.0. The van der Waals surface area contributed by atoms with E-state index in [9.17, 15) is 4.79 Å². The lowest BCUT2D eigenvalue weighted by molar-refractivity contribution is -0.120. The molecule has 21 heavy (non-hydrogen) atoms. The highest BCUT2D eigenvalue weighted by Crippen LogP contribution is 2.16. The minimum atomic E-state index is -0.144. The second-order valence-electron chi connectivity index (χ2n) is 5.63. The van der Waals surface area contributed by atoms with E-state index in [2.05, 4.69) is 31.0 Å². The molecule has 0 fully saturated rings. The molecule has 0 radical (unpaired) electrons. The van der Waals surface area contributed by atoms with Crippen molar-refractivity contribution in [2.75, 3.05) is 18.4 Å². The van der Waals surface area contributed by atoms with E-state index in [1.165, 1.54) is 0 Å². The maximum atomic E-state index is 12.5. The molecule has 4 nitrogen and oxygen atoms in total. The van der Waals surface area contributed by atoms with Crippen molar-refractivity contribution in [1.29, 1.82) is 0 Å². The molecule has 1 aromatic rings. The Morgan fingerprint density at radius 2 is 1.95 bits per heavy atom. The molecule has 4 heteroatoms. The van der Waals surface area contributed by atoms with Crippen molar-refractivity contribution in [3.63, 3.8) is 0 Å². The van der Waals surface area contributed by atoms with Crippen molar-refractivity contribution in [2.45, 2.75) is 46.7 Å². The number of para-hydroxylation sites is 1. The molecule has 1 amide bonds. The Morgan fingerprint density at radius 3 is 2.52 bits per heavy atom. The number of hydrogen-bond acceptors (Lipinski definition) is 3. The summed E-state index contributed by atoms with van der Waals surface area (Å²) >= 11 is 0. The van der Waals surface area contributed by atoms with E-state index in [1.807, 2.05) is 31.2 Å². The van der Waals surface area contributed by atoms with Gasteiger partial charge in [-0.2, -0.15) is 0 Å². The number of likely N-dealkylation sites (N-methyl/N-ethyl adjacent to an activating group) is 1. The lowest BCUT2D eigenvalue weighted by Gasteiger charge is -2.29. The second kappa shape index (κ2) is 8.80. The molecule has 0 spiro atoms. The minimum absolute atomic E-state index is 0.0288. The van der Waals surface area contributed by atoms with Crippen molar-refractivity contribution in [3.8, 4) is 0 Å². The first-order valence-corrected chi connectivity index (χ1v) is 7.86. The molecule has 0 aromatic heterocycles. The average molecular weight is 291 g/mol. The topological polar surface area (TPSA) is 58.4 Å². The first-order valence-electron chi connectivity index (χ1n) is 7.86. The van der Waals surface area contributed by atoms with Gasteiger partial charge in [0.25, 0.3) is 0 Å². The van der Waals surface area contributed by atoms with Crippen molar-refractivity contribution in [2.24, 2.45) is 11.7 Å². The van der Waals surface area contributed by atoms with Crippen LogP contribution in [-0.4, -0.2) is 29.9 Å². The van der Waals surface area contributed by atoms with E-state index >= 15 is 0 Å². The van der Waals surface area contributed by atoms with Crippen LogP contribution in [0.15, 0.2) is 24.3 Å². The number of hydrogen-bond donors (Lipinski definition) is 2. The quantitative estimate of drug-likeness (QED) is 0.774. The lowest BCUT2D eigenvalue weighted by atomic mass is 10.1. The van der Waals surface area contributed by atoms with Gasteiger partial charge in [0.1, 0.15) is 0 Å².